The van der Waals surface area contributed by atoms with Crippen molar-refractivity contribution in [3.05, 3.63) is 12.2 Å². The maximum absolute atomic E-state index is 11.2. The summed E-state index contributed by atoms with van der Waals surface area (Å²) in [4.78, 5) is 13.0. The van der Waals surface area contributed by atoms with Crippen molar-refractivity contribution >= 4 is 17.7 Å². The average molecular weight is 157 g/mol. The van der Waals surface area contributed by atoms with E-state index in [1.165, 1.54) is 0 Å². The number of rotatable bonds is 1. The van der Waals surface area contributed by atoms with Crippen molar-refractivity contribution in [2.75, 3.05) is 18.2 Å². The lowest BCUT2D eigenvalue weighted by atomic mass is 10.3. The molecule has 0 atom stereocenters. The first-order valence-electron chi connectivity index (χ1n) is 3.24. The Bertz CT molecular complexity index is 161. The quantitative estimate of drug-likeness (QED) is 0.531. The largest absolute Gasteiger partial charge is 0.329 e. The normalized spacial score (nSPS) is 17.5. The Kier molecular flexibility index (Phi) is 2.38. The molecule has 1 heterocycles. The Hall–Kier alpha value is -0.440. The molecule has 1 saturated heterocycles. The molecule has 0 aliphatic carbocycles. The van der Waals surface area contributed by atoms with E-state index in [4.69, 9.17) is 0 Å². The third kappa shape index (κ3) is 1.53. The molecule has 1 fully saturated rings. The van der Waals surface area contributed by atoms with Gasteiger partial charge < -0.3 is 4.90 Å². The molecule has 1 aliphatic heterocycles. The zero-order valence-corrected chi connectivity index (χ0v) is 6.91. The monoisotopic (exact) mass is 157 g/mol. The van der Waals surface area contributed by atoms with Crippen LogP contribution in [0.5, 0.6) is 0 Å². The third-order valence-corrected chi connectivity index (χ3v) is 2.37. The molecule has 1 rings (SSSR count). The number of amides is 1. The molecule has 0 N–H and O–H groups in total. The molecule has 0 aromatic rings. The average Bonchev–Trinajstić information content (AvgIpc) is 2.36. The second-order valence-corrected chi connectivity index (χ2v) is 3.46. The molecule has 0 aromatic heterocycles. The summed E-state index contributed by atoms with van der Waals surface area (Å²) in [5.74, 6) is 2.01. The molecule has 0 spiro atoms. The highest BCUT2D eigenvalue weighted by molar-refractivity contribution is 7.99. The molecule has 0 bridgehead atoms. The summed E-state index contributed by atoms with van der Waals surface area (Å²) >= 11 is 1.79. The van der Waals surface area contributed by atoms with E-state index in [1.807, 2.05) is 4.90 Å². The van der Waals surface area contributed by atoms with Crippen LogP contribution in [0.4, 0.5) is 0 Å². The molecule has 10 heavy (non-hydrogen) atoms. The molecule has 56 valence electrons. The van der Waals surface area contributed by atoms with Crippen LogP contribution in [0.2, 0.25) is 0 Å². The predicted molar refractivity (Wildman–Crippen MR) is 43.9 cm³/mol. The van der Waals surface area contributed by atoms with Crippen LogP contribution in [0.1, 0.15) is 6.92 Å². The van der Waals surface area contributed by atoms with Crippen LogP contribution in [0.3, 0.4) is 0 Å². The Morgan fingerprint density at radius 2 is 2.40 bits per heavy atom. The summed E-state index contributed by atoms with van der Waals surface area (Å²) in [5.41, 5.74) is 0.641. The summed E-state index contributed by atoms with van der Waals surface area (Å²) in [7, 11) is 0. The molecule has 0 saturated carbocycles. The van der Waals surface area contributed by atoms with Gasteiger partial charge in [0.05, 0.1) is 5.88 Å². The van der Waals surface area contributed by atoms with E-state index in [1.54, 1.807) is 18.7 Å². The van der Waals surface area contributed by atoms with Gasteiger partial charge in [0.1, 0.15) is 0 Å². The summed E-state index contributed by atoms with van der Waals surface area (Å²) in [6.45, 7) is 6.24. The Balaban J connectivity index is 2.48. The SMILES string of the molecule is C=C(C)C(=O)N1CCSC1. The van der Waals surface area contributed by atoms with Crippen molar-refractivity contribution in [3.8, 4) is 0 Å². The fourth-order valence-corrected chi connectivity index (χ4v) is 1.79. The van der Waals surface area contributed by atoms with Crippen LogP contribution in [0.15, 0.2) is 12.2 Å². The first kappa shape index (κ1) is 7.66. The van der Waals surface area contributed by atoms with Crippen LogP contribution in [-0.4, -0.2) is 29.0 Å². The van der Waals surface area contributed by atoms with Crippen LogP contribution in [0.25, 0.3) is 0 Å². The maximum Gasteiger partial charge on any atom is 0.249 e. The van der Waals surface area contributed by atoms with E-state index in [0.717, 1.165) is 18.2 Å². The van der Waals surface area contributed by atoms with Gasteiger partial charge >= 0.3 is 0 Å². The lowest BCUT2D eigenvalue weighted by Crippen LogP contribution is -2.27. The van der Waals surface area contributed by atoms with Gasteiger partial charge in [0.25, 0.3) is 0 Å². The molecule has 0 unspecified atom stereocenters. The fraction of sp³-hybridized carbons (Fsp3) is 0.571. The zero-order chi connectivity index (χ0) is 7.56. The molecule has 2 nitrogen and oxygen atoms in total. The lowest BCUT2D eigenvalue weighted by Gasteiger charge is -2.13. The number of carbonyl (C=O) groups is 1. The van der Waals surface area contributed by atoms with Gasteiger partial charge in [-0.25, -0.2) is 0 Å². The number of nitrogens with zero attached hydrogens (tertiary/aromatic N) is 1. The molecule has 1 amide bonds. The summed E-state index contributed by atoms with van der Waals surface area (Å²) in [5, 5.41) is 0. The molecule has 0 aromatic carbocycles. The second kappa shape index (κ2) is 3.10. The number of hydrogen-bond acceptors (Lipinski definition) is 2. The highest BCUT2D eigenvalue weighted by Crippen LogP contribution is 2.14. The summed E-state index contributed by atoms with van der Waals surface area (Å²) in [6, 6.07) is 0. The van der Waals surface area contributed by atoms with Crippen molar-refractivity contribution in [2.24, 2.45) is 0 Å². The highest BCUT2D eigenvalue weighted by Gasteiger charge is 2.17. The van der Waals surface area contributed by atoms with Crippen LogP contribution < -0.4 is 0 Å². The minimum Gasteiger partial charge on any atom is -0.329 e. The van der Waals surface area contributed by atoms with E-state index >= 15 is 0 Å². The Labute approximate surface area is 65.3 Å². The van der Waals surface area contributed by atoms with Crippen LogP contribution in [-0.2, 0) is 4.79 Å². The molecule has 3 heteroatoms. The van der Waals surface area contributed by atoms with Crippen LogP contribution >= 0.6 is 11.8 Å². The Morgan fingerprint density at radius 1 is 1.70 bits per heavy atom. The van der Waals surface area contributed by atoms with Gasteiger partial charge in [0.2, 0.25) is 5.91 Å². The summed E-state index contributed by atoms with van der Waals surface area (Å²) in [6.07, 6.45) is 0. The minimum atomic E-state index is 0.102. The van der Waals surface area contributed by atoms with Gasteiger partial charge in [-0.3, -0.25) is 4.79 Å². The standard InChI is InChI=1S/C7H11NOS/c1-6(2)7(9)8-3-4-10-5-8/h1,3-5H2,2H3. The molecule has 1 aliphatic rings. The number of carbonyl (C=O) groups excluding carboxylic acids is 1. The van der Waals surface area contributed by atoms with E-state index < -0.39 is 0 Å². The number of hydrogen-bond donors (Lipinski definition) is 0. The van der Waals surface area contributed by atoms with E-state index in [0.29, 0.717) is 5.57 Å². The van der Waals surface area contributed by atoms with Gasteiger partial charge in [-0.2, -0.15) is 0 Å². The zero-order valence-electron chi connectivity index (χ0n) is 6.09. The molecular weight excluding hydrogens is 146 g/mol. The predicted octanol–water partition coefficient (Wildman–Crippen LogP) is 1.10. The van der Waals surface area contributed by atoms with Crippen molar-refractivity contribution in [1.29, 1.82) is 0 Å². The van der Waals surface area contributed by atoms with Crippen molar-refractivity contribution in [1.82, 2.24) is 4.90 Å². The summed E-state index contributed by atoms with van der Waals surface area (Å²) < 4.78 is 0. The lowest BCUT2D eigenvalue weighted by molar-refractivity contribution is -0.125. The van der Waals surface area contributed by atoms with Gasteiger partial charge in [-0.1, -0.05) is 6.58 Å². The van der Waals surface area contributed by atoms with Crippen molar-refractivity contribution in [2.45, 2.75) is 6.92 Å². The minimum absolute atomic E-state index is 0.102. The number of thioether (sulfide) groups is 1. The first-order chi connectivity index (χ1) is 4.72. The molecular formula is C7H11NOS. The fourth-order valence-electron chi connectivity index (χ4n) is 0.844. The second-order valence-electron chi connectivity index (χ2n) is 2.39. The van der Waals surface area contributed by atoms with E-state index in [-0.39, 0.29) is 5.91 Å². The first-order valence-corrected chi connectivity index (χ1v) is 4.40. The van der Waals surface area contributed by atoms with E-state index in [2.05, 4.69) is 6.58 Å². The van der Waals surface area contributed by atoms with Gasteiger partial charge in [-0.05, 0) is 6.92 Å². The van der Waals surface area contributed by atoms with Crippen LogP contribution in [0, 0.1) is 0 Å². The third-order valence-electron chi connectivity index (χ3n) is 1.40. The van der Waals surface area contributed by atoms with Gasteiger partial charge in [-0.15, -0.1) is 11.8 Å². The molecule has 0 radical (unpaired) electrons. The maximum atomic E-state index is 11.2. The topological polar surface area (TPSA) is 20.3 Å². The Morgan fingerprint density at radius 3 is 2.80 bits per heavy atom. The van der Waals surface area contributed by atoms with Gasteiger partial charge in [0, 0.05) is 17.9 Å². The highest BCUT2D eigenvalue weighted by atomic mass is 32.2. The van der Waals surface area contributed by atoms with Crippen molar-refractivity contribution in [3.63, 3.8) is 0 Å². The van der Waals surface area contributed by atoms with Gasteiger partial charge in [0.15, 0.2) is 0 Å². The van der Waals surface area contributed by atoms with E-state index in [9.17, 15) is 4.79 Å². The smallest absolute Gasteiger partial charge is 0.249 e. The van der Waals surface area contributed by atoms with Crippen molar-refractivity contribution < 1.29 is 4.79 Å².